The Bertz CT molecular complexity index is 884. The highest BCUT2D eigenvalue weighted by Crippen LogP contribution is 2.16. The Morgan fingerprint density at radius 1 is 1.17 bits per heavy atom. The number of carbonyl (C=O) groups excluding carboxylic acids is 1. The molecule has 0 aliphatic carbocycles. The average molecular weight is 322 g/mol. The fraction of sp³-hybridized carbons (Fsp3) is 0.167. The number of imidazole rings is 1. The molecule has 3 rings (SSSR count). The van der Waals surface area contributed by atoms with E-state index in [1.54, 1.807) is 0 Å². The van der Waals surface area contributed by atoms with E-state index in [9.17, 15) is 4.79 Å². The lowest BCUT2D eigenvalue weighted by Crippen LogP contribution is -2.18. The van der Waals surface area contributed by atoms with Crippen molar-refractivity contribution in [3.05, 3.63) is 66.0 Å². The largest absolute Gasteiger partial charge is 0.385 e. The van der Waals surface area contributed by atoms with E-state index >= 15 is 0 Å². The van der Waals surface area contributed by atoms with Gasteiger partial charge in [-0.2, -0.15) is 0 Å². The van der Waals surface area contributed by atoms with Gasteiger partial charge in [-0.25, -0.2) is 4.98 Å². The molecule has 0 unspecified atom stereocenters. The maximum Gasteiger partial charge on any atom is 0.258 e. The van der Waals surface area contributed by atoms with Crippen LogP contribution in [0.1, 0.15) is 11.4 Å². The molecule has 0 aliphatic rings. The number of nitrogens with two attached hydrogens (primary N) is 1. The zero-order valence-electron chi connectivity index (χ0n) is 13.3. The number of carbonyl (C=O) groups is 1. The number of amides is 1. The van der Waals surface area contributed by atoms with Gasteiger partial charge in [0.2, 0.25) is 0 Å². The number of nitrogens with zero attached hydrogens (tertiary/aromatic N) is 3. The maximum atomic E-state index is 10.9. The fourth-order valence-electron chi connectivity index (χ4n) is 2.49. The van der Waals surface area contributed by atoms with Gasteiger partial charge in [-0.15, -0.1) is 0 Å². The minimum atomic E-state index is -0.561. The number of oxime groups is 1. The number of rotatable bonds is 6. The van der Waals surface area contributed by atoms with E-state index in [2.05, 4.69) is 10.1 Å². The highest BCUT2D eigenvalue weighted by Gasteiger charge is 2.13. The number of fused-ring (bicyclic) bond motifs is 1. The van der Waals surface area contributed by atoms with E-state index in [1.165, 1.54) is 0 Å². The molecule has 0 fully saturated rings. The number of hydrogen-bond acceptors (Lipinski definition) is 4. The van der Waals surface area contributed by atoms with E-state index in [1.807, 2.05) is 66.2 Å². The van der Waals surface area contributed by atoms with Gasteiger partial charge < -0.3 is 15.1 Å². The van der Waals surface area contributed by atoms with E-state index in [0.29, 0.717) is 12.1 Å². The summed E-state index contributed by atoms with van der Waals surface area (Å²) in [6, 6.07) is 17.6. The molecular formula is C18H18N4O2. The van der Waals surface area contributed by atoms with Crippen molar-refractivity contribution in [1.82, 2.24) is 9.55 Å². The Morgan fingerprint density at radius 3 is 2.58 bits per heavy atom. The lowest BCUT2D eigenvalue weighted by molar-refractivity contribution is -0.122. The Hall–Kier alpha value is -3.15. The second-order valence-corrected chi connectivity index (χ2v) is 5.40. The van der Waals surface area contributed by atoms with Crippen LogP contribution in [0.4, 0.5) is 0 Å². The number of primary amides is 1. The SMILES string of the molecule is Cn1c(C/C(=N/OCC(N)=O)c2ccccc2)nc2ccccc21. The summed E-state index contributed by atoms with van der Waals surface area (Å²) in [6.45, 7) is -0.251. The monoisotopic (exact) mass is 322 g/mol. The standard InChI is InChI=1S/C18H18N4O2/c1-22-16-10-6-5-9-14(16)20-18(22)11-15(21-24-12-17(19)23)13-7-3-2-4-8-13/h2-10H,11-12H2,1H3,(H2,19,23)/b21-15-. The maximum absolute atomic E-state index is 10.9. The molecule has 24 heavy (non-hydrogen) atoms. The van der Waals surface area contributed by atoms with Crippen LogP contribution in [-0.4, -0.2) is 27.8 Å². The van der Waals surface area contributed by atoms with Crippen molar-refractivity contribution >= 4 is 22.7 Å². The van der Waals surface area contributed by atoms with E-state index in [4.69, 9.17) is 10.6 Å². The summed E-state index contributed by atoms with van der Waals surface area (Å²) in [6.07, 6.45) is 0.480. The minimum absolute atomic E-state index is 0.251. The Balaban J connectivity index is 1.93. The summed E-state index contributed by atoms with van der Waals surface area (Å²) >= 11 is 0. The van der Waals surface area contributed by atoms with Crippen LogP contribution in [0.2, 0.25) is 0 Å². The fourth-order valence-corrected chi connectivity index (χ4v) is 2.49. The van der Waals surface area contributed by atoms with Crippen molar-refractivity contribution in [3.63, 3.8) is 0 Å². The number of para-hydroxylation sites is 2. The lowest BCUT2D eigenvalue weighted by atomic mass is 10.1. The molecular weight excluding hydrogens is 304 g/mol. The zero-order chi connectivity index (χ0) is 16.9. The second kappa shape index (κ2) is 6.95. The summed E-state index contributed by atoms with van der Waals surface area (Å²) in [5, 5.41) is 4.10. The average Bonchev–Trinajstić information content (AvgIpc) is 2.91. The third-order valence-corrected chi connectivity index (χ3v) is 3.69. The first-order valence-electron chi connectivity index (χ1n) is 7.58. The van der Waals surface area contributed by atoms with E-state index in [-0.39, 0.29) is 6.61 Å². The van der Waals surface area contributed by atoms with Gasteiger partial charge >= 0.3 is 0 Å². The van der Waals surface area contributed by atoms with Crippen molar-refractivity contribution in [2.75, 3.05) is 6.61 Å². The molecule has 0 saturated heterocycles. The molecule has 3 aromatic rings. The van der Waals surface area contributed by atoms with Crippen LogP contribution >= 0.6 is 0 Å². The first kappa shape index (κ1) is 15.7. The van der Waals surface area contributed by atoms with Crippen LogP contribution in [-0.2, 0) is 23.1 Å². The number of aromatic nitrogens is 2. The summed E-state index contributed by atoms with van der Waals surface area (Å²) in [5.41, 5.74) is 8.68. The second-order valence-electron chi connectivity index (χ2n) is 5.40. The molecule has 122 valence electrons. The molecule has 6 heteroatoms. The molecule has 0 bridgehead atoms. The van der Waals surface area contributed by atoms with Crippen LogP contribution in [0.15, 0.2) is 59.8 Å². The minimum Gasteiger partial charge on any atom is -0.385 e. The van der Waals surface area contributed by atoms with Crippen LogP contribution in [0.3, 0.4) is 0 Å². The van der Waals surface area contributed by atoms with E-state index < -0.39 is 5.91 Å². The van der Waals surface area contributed by atoms with Crippen LogP contribution < -0.4 is 5.73 Å². The Labute approximate surface area is 139 Å². The molecule has 0 atom stereocenters. The molecule has 2 N–H and O–H groups in total. The van der Waals surface area contributed by atoms with Crippen molar-refractivity contribution < 1.29 is 9.63 Å². The van der Waals surface area contributed by atoms with Crippen molar-refractivity contribution in [3.8, 4) is 0 Å². The summed E-state index contributed by atoms with van der Waals surface area (Å²) in [7, 11) is 1.97. The molecule has 0 radical (unpaired) electrons. The molecule has 1 amide bonds. The molecule has 2 aromatic carbocycles. The van der Waals surface area contributed by atoms with Gasteiger partial charge in [0.1, 0.15) is 5.82 Å². The summed E-state index contributed by atoms with van der Waals surface area (Å²) in [4.78, 5) is 20.6. The number of hydrogen-bond donors (Lipinski definition) is 1. The quantitative estimate of drug-likeness (QED) is 0.557. The molecule has 0 saturated carbocycles. The highest BCUT2D eigenvalue weighted by atomic mass is 16.6. The van der Waals surface area contributed by atoms with Crippen LogP contribution in [0.25, 0.3) is 11.0 Å². The van der Waals surface area contributed by atoms with Gasteiger partial charge in [0.15, 0.2) is 6.61 Å². The normalized spacial score (nSPS) is 11.6. The number of aryl methyl sites for hydroxylation is 1. The van der Waals surface area contributed by atoms with Gasteiger partial charge in [0, 0.05) is 7.05 Å². The predicted octanol–water partition coefficient (Wildman–Crippen LogP) is 2.02. The third-order valence-electron chi connectivity index (χ3n) is 3.69. The summed E-state index contributed by atoms with van der Waals surface area (Å²) in [5.74, 6) is 0.301. The van der Waals surface area contributed by atoms with Gasteiger partial charge in [0.05, 0.1) is 23.2 Å². The topological polar surface area (TPSA) is 82.5 Å². The van der Waals surface area contributed by atoms with Crippen molar-refractivity contribution in [2.45, 2.75) is 6.42 Å². The van der Waals surface area contributed by atoms with Gasteiger partial charge in [-0.3, -0.25) is 4.79 Å². The van der Waals surface area contributed by atoms with Gasteiger partial charge in [-0.05, 0) is 17.7 Å². The molecule has 0 spiro atoms. The zero-order valence-corrected chi connectivity index (χ0v) is 13.3. The Kier molecular flexibility index (Phi) is 4.56. The first-order chi connectivity index (χ1) is 11.6. The Morgan fingerprint density at radius 2 is 1.88 bits per heavy atom. The van der Waals surface area contributed by atoms with Gasteiger partial charge in [0.25, 0.3) is 5.91 Å². The molecule has 6 nitrogen and oxygen atoms in total. The number of benzene rings is 2. The first-order valence-corrected chi connectivity index (χ1v) is 7.58. The molecule has 1 heterocycles. The van der Waals surface area contributed by atoms with Crippen molar-refractivity contribution in [2.24, 2.45) is 17.9 Å². The smallest absolute Gasteiger partial charge is 0.258 e. The highest BCUT2D eigenvalue weighted by molar-refractivity contribution is 6.01. The van der Waals surface area contributed by atoms with Crippen LogP contribution in [0.5, 0.6) is 0 Å². The predicted molar refractivity (Wildman–Crippen MR) is 92.5 cm³/mol. The third kappa shape index (κ3) is 3.43. The van der Waals surface area contributed by atoms with Crippen LogP contribution in [0, 0.1) is 0 Å². The lowest BCUT2D eigenvalue weighted by Gasteiger charge is -2.07. The molecule has 0 aliphatic heterocycles. The summed E-state index contributed by atoms with van der Waals surface area (Å²) < 4.78 is 2.03. The van der Waals surface area contributed by atoms with Crippen molar-refractivity contribution in [1.29, 1.82) is 0 Å². The van der Waals surface area contributed by atoms with Gasteiger partial charge in [-0.1, -0.05) is 47.6 Å². The molecule has 1 aromatic heterocycles. The van der Waals surface area contributed by atoms with E-state index in [0.717, 1.165) is 22.4 Å².